The summed E-state index contributed by atoms with van der Waals surface area (Å²) in [5.41, 5.74) is 1.82. The smallest absolute Gasteiger partial charge is 0.243 e. The number of sulfonamides is 1. The molecule has 1 saturated heterocycles. The molecule has 6 nitrogen and oxygen atoms in total. The molecule has 2 aromatic rings. The maximum Gasteiger partial charge on any atom is 0.243 e. The molecule has 2 aliphatic rings. The van der Waals surface area contributed by atoms with Crippen molar-refractivity contribution in [2.45, 2.75) is 67.9 Å². The molecule has 1 aromatic heterocycles. The van der Waals surface area contributed by atoms with Crippen LogP contribution in [0.4, 0.5) is 0 Å². The summed E-state index contributed by atoms with van der Waals surface area (Å²) >= 11 is 2.01. The first-order valence-electron chi connectivity index (χ1n) is 10.8. The fourth-order valence-electron chi connectivity index (χ4n) is 4.26. The van der Waals surface area contributed by atoms with Gasteiger partial charge in [0.2, 0.25) is 10.0 Å². The molecule has 4 rings (SSSR count). The van der Waals surface area contributed by atoms with Crippen molar-refractivity contribution < 1.29 is 13.2 Å². The Labute approximate surface area is 178 Å². The van der Waals surface area contributed by atoms with Crippen molar-refractivity contribution in [3.05, 3.63) is 24.0 Å². The SMILES string of the molecule is CCCn1c(CSC2CCCCC2)nc2cc(S(=O)(=O)N3CCOCC3)ccc21. The average molecular weight is 438 g/mol. The van der Waals surface area contributed by atoms with Gasteiger partial charge in [-0.1, -0.05) is 26.2 Å². The number of hydrogen-bond donors (Lipinski definition) is 0. The van der Waals surface area contributed by atoms with Gasteiger partial charge in [-0.15, -0.1) is 0 Å². The third kappa shape index (κ3) is 4.65. The zero-order valence-electron chi connectivity index (χ0n) is 17.2. The third-order valence-corrected chi connectivity index (χ3v) is 9.12. The van der Waals surface area contributed by atoms with Gasteiger partial charge in [0.15, 0.2) is 0 Å². The lowest BCUT2D eigenvalue weighted by atomic mass is 10.0. The van der Waals surface area contributed by atoms with E-state index < -0.39 is 10.0 Å². The Morgan fingerprint density at radius 3 is 2.66 bits per heavy atom. The maximum absolute atomic E-state index is 13.0. The van der Waals surface area contributed by atoms with Crippen LogP contribution in [0.25, 0.3) is 11.0 Å². The Morgan fingerprint density at radius 1 is 1.17 bits per heavy atom. The van der Waals surface area contributed by atoms with Gasteiger partial charge in [0.05, 0.1) is 34.9 Å². The van der Waals surface area contributed by atoms with Crippen molar-refractivity contribution in [3.63, 3.8) is 0 Å². The number of rotatable bonds is 7. The molecule has 29 heavy (non-hydrogen) atoms. The van der Waals surface area contributed by atoms with Crippen LogP contribution in [0.2, 0.25) is 0 Å². The lowest BCUT2D eigenvalue weighted by Crippen LogP contribution is -2.40. The van der Waals surface area contributed by atoms with E-state index in [1.54, 1.807) is 12.1 Å². The number of imidazole rings is 1. The van der Waals surface area contributed by atoms with Gasteiger partial charge in [0, 0.05) is 24.9 Å². The average Bonchev–Trinajstić information content (AvgIpc) is 3.10. The van der Waals surface area contributed by atoms with Crippen molar-refractivity contribution >= 4 is 32.8 Å². The van der Waals surface area contributed by atoms with Crippen molar-refractivity contribution in [3.8, 4) is 0 Å². The highest BCUT2D eigenvalue weighted by molar-refractivity contribution is 7.99. The van der Waals surface area contributed by atoms with Crippen LogP contribution in [0.15, 0.2) is 23.1 Å². The highest BCUT2D eigenvalue weighted by atomic mass is 32.2. The van der Waals surface area contributed by atoms with E-state index >= 15 is 0 Å². The molecule has 160 valence electrons. The number of morpholine rings is 1. The Kier molecular flexibility index (Phi) is 6.83. The summed E-state index contributed by atoms with van der Waals surface area (Å²) < 4.78 is 35.1. The van der Waals surface area contributed by atoms with Crippen molar-refractivity contribution in [1.29, 1.82) is 0 Å². The first-order chi connectivity index (χ1) is 14.1. The first kappa shape index (κ1) is 21.2. The quantitative estimate of drug-likeness (QED) is 0.654. The van der Waals surface area contributed by atoms with Crippen LogP contribution in [0.5, 0.6) is 0 Å². The molecule has 2 fully saturated rings. The van der Waals surface area contributed by atoms with Gasteiger partial charge in [0.25, 0.3) is 0 Å². The second-order valence-corrected chi connectivity index (χ2v) is 11.1. The molecule has 0 atom stereocenters. The monoisotopic (exact) mass is 437 g/mol. The van der Waals surface area contributed by atoms with Gasteiger partial charge in [-0.2, -0.15) is 16.1 Å². The van der Waals surface area contributed by atoms with Crippen LogP contribution < -0.4 is 0 Å². The summed E-state index contributed by atoms with van der Waals surface area (Å²) in [6.07, 6.45) is 7.69. The Hall–Kier alpha value is -1.09. The molecule has 0 radical (unpaired) electrons. The Balaban J connectivity index is 1.60. The van der Waals surface area contributed by atoms with Gasteiger partial charge in [0.1, 0.15) is 5.82 Å². The van der Waals surface area contributed by atoms with Crippen LogP contribution >= 0.6 is 11.8 Å². The number of aryl methyl sites for hydroxylation is 1. The molecule has 1 aliphatic heterocycles. The molecule has 0 bridgehead atoms. The number of hydrogen-bond acceptors (Lipinski definition) is 5. The van der Waals surface area contributed by atoms with E-state index in [-0.39, 0.29) is 0 Å². The van der Waals surface area contributed by atoms with Crippen LogP contribution in [-0.4, -0.2) is 53.8 Å². The number of benzene rings is 1. The predicted molar refractivity (Wildman–Crippen MR) is 118 cm³/mol. The zero-order chi connectivity index (χ0) is 20.3. The Morgan fingerprint density at radius 2 is 1.93 bits per heavy atom. The lowest BCUT2D eigenvalue weighted by Gasteiger charge is -2.26. The van der Waals surface area contributed by atoms with Crippen molar-refractivity contribution in [1.82, 2.24) is 13.9 Å². The first-order valence-corrected chi connectivity index (χ1v) is 13.3. The minimum absolute atomic E-state index is 0.333. The zero-order valence-corrected chi connectivity index (χ0v) is 18.8. The standard InChI is InChI=1S/C21H31N3O3S2/c1-2-10-24-20-9-8-18(29(25,26)23-11-13-27-14-12-23)15-19(20)22-21(24)16-28-17-6-4-3-5-7-17/h8-9,15,17H,2-7,10-14,16H2,1H3. The summed E-state index contributed by atoms with van der Waals surface area (Å²) in [6.45, 7) is 4.81. The van der Waals surface area contributed by atoms with Crippen LogP contribution in [0.1, 0.15) is 51.3 Å². The van der Waals surface area contributed by atoms with Crippen LogP contribution in [0, 0.1) is 0 Å². The minimum atomic E-state index is -3.50. The van der Waals surface area contributed by atoms with E-state index in [1.807, 2.05) is 17.8 Å². The predicted octanol–water partition coefficient (Wildman–Crippen LogP) is 4.03. The highest BCUT2D eigenvalue weighted by Crippen LogP contribution is 2.32. The molecule has 0 spiro atoms. The largest absolute Gasteiger partial charge is 0.379 e. The van der Waals surface area contributed by atoms with E-state index in [0.29, 0.717) is 31.2 Å². The molecule has 1 aromatic carbocycles. The number of thioether (sulfide) groups is 1. The van der Waals surface area contributed by atoms with Crippen molar-refractivity contribution in [2.75, 3.05) is 26.3 Å². The topological polar surface area (TPSA) is 64.4 Å². The van der Waals surface area contributed by atoms with Gasteiger partial charge in [-0.25, -0.2) is 13.4 Å². The molecule has 0 unspecified atom stereocenters. The fraction of sp³-hybridized carbons (Fsp3) is 0.667. The van der Waals surface area contributed by atoms with E-state index in [4.69, 9.17) is 9.72 Å². The van der Waals surface area contributed by atoms with Gasteiger partial charge < -0.3 is 9.30 Å². The summed E-state index contributed by atoms with van der Waals surface area (Å²) in [5.74, 6) is 1.96. The Bertz CT molecular complexity index is 930. The van der Waals surface area contributed by atoms with E-state index in [9.17, 15) is 8.42 Å². The lowest BCUT2D eigenvalue weighted by molar-refractivity contribution is 0.0730. The van der Waals surface area contributed by atoms with E-state index in [0.717, 1.165) is 40.8 Å². The van der Waals surface area contributed by atoms with Crippen molar-refractivity contribution in [2.24, 2.45) is 0 Å². The summed E-state index contributed by atoms with van der Waals surface area (Å²) in [6, 6.07) is 5.42. The number of ether oxygens (including phenoxy) is 1. The van der Waals surface area contributed by atoms with E-state index in [2.05, 4.69) is 11.5 Å². The number of nitrogens with zero attached hydrogens (tertiary/aromatic N) is 3. The molecule has 1 saturated carbocycles. The van der Waals surface area contributed by atoms with Gasteiger partial charge in [-0.3, -0.25) is 0 Å². The summed E-state index contributed by atoms with van der Waals surface area (Å²) in [7, 11) is -3.50. The molecule has 1 aliphatic carbocycles. The maximum atomic E-state index is 13.0. The van der Waals surface area contributed by atoms with Crippen LogP contribution in [0.3, 0.4) is 0 Å². The highest BCUT2D eigenvalue weighted by Gasteiger charge is 2.27. The van der Waals surface area contributed by atoms with Gasteiger partial charge >= 0.3 is 0 Å². The number of fused-ring (bicyclic) bond motifs is 1. The third-order valence-electron chi connectivity index (χ3n) is 5.85. The molecule has 2 heterocycles. The van der Waals surface area contributed by atoms with E-state index in [1.165, 1.54) is 36.4 Å². The second-order valence-electron chi connectivity index (χ2n) is 7.92. The van der Waals surface area contributed by atoms with Crippen LogP contribution in [-0.2, 0) is 27.1 Å². The molecule has 0 N–H and O–H groups in total. The minimum Gasteiger partial charge on any atom is -0.379 e. The summed E-state index contributed by atoms with van der Waals surface area (Å²) in [4.78, 5) is 5.20. The molecular formula is C21H31N3O3S2. The fourth-order valence-corrected chi connectivity index (χ4v) is 6.96. The molecular weight excluding hydrogens is 406 g/mol. The summed E-state index contributed by atoms with van der Waals surface area (Å²) in [5, 5.41) is 0.732. The molecule has 8 heteroatoms. The normalized spacial score (nSPS) is 19.8. The van der Waals surface area contributed by atoms with Gasteiger partial charge in [-0.05, 0) is 37.5 Å². The second kappa shape index (κ2) is 9.37. The number of aromatic nitrogens is 2. The molecule has 0 amide bonds.